The van der Waals surface area contributed by atoms with Crippen LogP contribution in [0.5, 0.6) is 0 Å². The van der Waals surface area contributed by atoms with E-state index < -0.39 is 5.79 Å². The summed E-state index contributed by atoms with van der Waals surface area (Å²) in [5, 5.41) is 6.95. The van der Waals surface area contributed by atoms with Gasteiger partial charge in [-0.15, -0.1) is 0 Å². The maximum absolute atomic E-state index is 6.66. The van der Waals surface area contributed by atoms with Gasteiger partial charge in [-0.05, 0) is 42.5 Å². The Hall–Kier alpha value is -2.59. The molecule has 1 heterocycles. The van der Waals surface area contributed by atoms with Crippen LogP contribution in [0.4, 0.5) is 0 Å². The predicted octanol–water partition coefficient (Wildman–Crippen LogP) is 2.88. The third-order valence-corrected chi connectivity index (χ3v) is 5.21. The molecule has 0 saturated heterocycles. The van der Waals surface area contributed by atoms with Crippen LogP contribution in [0.25, 0.3) is 0 Å². The fourth-order valence-corrected chi connectivity index (χ4v) is 3.74. The Balaban J connectivity index is 1.46. The van der Waals surface area contributed by atoms with E-state index in [9.17, 15) is 0 Å². The van der Waals surface area contributed by atoms with Crippen LogP contribution in [0.15, 0.2) is 71.5 Å². The SMILES string of the molecule is CC(NC1=CC=NC(N)(C2Cc3ccccc3C2)N1)c1ccccc1. The lowest BCUT2D eigenvalue weighted by molar-refractivity contribution is 0.241. The molecule has 128 valence electrons. The highest BCUT2D eigenvalue weighted by atomic mass is 15.3. The van der Waals surface area contributed by atoms with Gasteiger partial charge in [-0.1, -0.05) is 54.6 Å². The average molecular weight is 332 g/mol. The van der Waals surface area contributed by atoms with Gasteiger partial charge in [-0.3, -0.25) is 10.7 Å². The first kappa shape index (κ1) is 15.9. The molecule has 0 saturated carbocycles. The van der Waals surface area contributed by atoms with Gasteiger partial charge in [0.25, 0.3) is 0 Å². The molecular formula is C21H24N4. The molecule has 2 aromatic carbocycles. The van der Waals surface area contributed by atoms with Gasteiger partial charge in [0.1, 0.15) is 5.82 Å². The van der Waals surface area contributed by atoms with Gasteiger partial charge in [0.2, 0.25) is 0 Å². The summed E-state index contributed by atoms with van der Waals surface area (Å²) in [6, 6.07) is 19.2. The summed E-state index contributed by atoms with van der Waals surface area (Å²) >= 11 is 0. The summed E-state index contributed by atoms with van der Waals surface area (Å²) in [6.45, 7) is 2.15. The average Bonchev–Trinajstić information content (AvgIpc) is 3.08. The third-order valence-electron chi connectivity index (χ3n) is 5.21. The molecule has 4 nitrogen and oxygen atoms in total. The Kier molecular flexibility index (Phi) is 4.06. The standard InChI is InChI=1S/C21H24N4/c1-15(16-7-3-2-4-8-16)24-20-11-12-23-21(22,25-20)19-13-17-9-5-6-10-18(17)14-19/h2-12,15,19,24-25H,13-14,22H2,1H3. The molecule has 1 aliphatic heterocycles. The highest BCUT2D eigenvalue weighted by Gasteiger charge is 2.39. The van der Waals surface area contributed by atoms with Crippen LogP contribution in [0, 0.1) is 5.92 Å². The molecule has 2 unspecified atom stereocenters. The van der Waals surface area contributed by atoms with Gasteiger partial charge in [0, 0.05) is 18.2 Å². The van der Waals surface area contributed by atoms with Gasteiger partial charge < -0.3 is 10.6 Å². The van der Waals surface area contributed by atoms with E-state index in [2.05, 4.69) is 71.1 Å². The summed E-state index contributed by atoms with van der Waals surface area (Å²) < 4.78 is 0. The van der Waals surface area contributed by atoms with E-state index in [1.807, 2.05) is 18.4 Å². The van der Waals surface area contributed by atoms with E-state index in [0.717, 1.165) is 18.7 Å². The molecule has 0 amide bonds. The van der Waals surface area contributed by atoms with Crippen molar-refractivity contribution >= 4 is 6.21 Å². The molecule has 0 radical (unpaired) electrons. The zero-order valence-corrected chi connectivity index (χ0v) is 14.4. The van der Waals surface area contributed by atoms with E-state index in [0.29, 0.717) is 0 Å². The maximum atomic E-state index is 6.66. The molecule has 0 fully saturated rings. The Morgan fingerprint density at radius 2 is 1.72 bits per heavy atom. The summed E-state index contributed by atoms with van der Waals surface area (Å²) in [5.41, 5.74) is 10.7. The Morgan fingerprint density at radius 3 is 2.40 bits per heavy atom. The van der Waals surface area contributed by atoms with Crippen LogP contribution in [0.2, 0.25) is 0 Å². The molecule has 4 N–H and O–H groups in total. The molecule has 0 bridgehead atoms. The van der Waals surface area contributed by atoms with Crippen LogP contribution < -0.4 is 16.4 Å². The topological polar surface area (TPSA) is 62.4 Å². The molecular weight excluding hydrogens is 308 g/mol. The molecule has 0 aromatic heterocycles. The normalized spacial score (nSPS) is 23.5. The van der Waals surface area contributed by atoms with Gasteiger partial charge in [-0.25, -0.2) is 0 Å². The second kappa shape index (κ2) is 6.37. The van der Waals surface area contributed by atoms with E-state index in [-0.39, 0.29) is 12.0 Å². The van der Waals surface area contributed by atoms with E-state index >= 15 is 0 Å². The summed E-state index contributed by atoms with van der Waals surface area (Å²) in [7, 11) is 0. The number of allylic oxidation sites excluding steroid dienone is 1. The Bertz CT molecular complexity index is 787. The van der Waals surface area contributed by atoms with Crippen molar-refractivity contribution in [3.8, 4) is 0 Å². The Morgan fingerprint density at radius 1 is 1.08 bits per heavy atom. The minimum Gasteiger partial charge on any atom is -0.365 e. The van der Waals surface area contributed by atoms with Crippen LogP contribution in [-0.2, 0) is 12.8 Å². The molecule has 2 aromatic rings. The number of nitrogens with two attached hydrogens (primary N) is 1. The quantitative estimate of drug-likeness (QED) is 0.807. The second-order valence-corrected chi connectivity index (χ2v) is 6.96. The van der Waals surface area contributed by atoms with E-state index in [1.165, 1.54) is 16.7 Å². The zero-order valence-electron chi connectivity index (χ0n) is 14.4. The van der Waals surface area contributed by atoms with Crippen molar-refractivity contribution < 1.29 is 0 Å². The molecule has 4 rings (SSSR count). The minimum atomic E-state index is -0.771. The maximum Gasteiger partial charge on any atom is 0.186 e. The van der Waals surface area contributed by atoms with Crippen molar-refractivity contribution in [2.24, 2.45) is 16.6 Å². The van der Waals surface area contributed by atoms with Crippen molar-refractivity contribution in [3.05, 3.63) is 83.2 Å². The predicted molar refractivity (Wildman–Crippen MR) is 102 cm³/mol. The van der Waals surface area contributed by atoms with Gasteiger partial charge >= 0.3 is 0 Å². The second-order valence-electron chi connectivity index (χ2n) is 6.96. The number of fused-ring (bicyclic) bond motifs is 1. The van der Waals surface area contributed by atoms with Crippen LogP contribution in [0.3, 0.4) is 0 Å². The third kappa shape index (κ3) is 3.17. The summed E-state index contributed by atoms with van der Waals surface area (Å²) in [4.78, 5) is 4.58. The highest BCUT2D eigenvalue weighted by molar-refractivity contribution is 5.73. The number of hydrogen-bond acceptors (Lipinski definition) is 4. The van der Waals surface area contributed by atoms with Crippen molar-refractivity contribution in [1.29, 1.82) is 0 Å². The molecule has 4 heteroatoms. The van der Waals surface area contributed by atoms with Gasteiger partial charge in [0.15, 0.2) is 5.79 Å². The van der Waals surface area contributed by atoms with Crippen LogP contribution in [-0.4, -0.2) is 12.0 Å². The first-order valence-electron chi connectivity index (χ1n) is 8.85. The van der Waals surface area contributed by atoms with E-state index in [4.69, 9.17) is 5.73 Å². The number of rotatable bonds is 4. The monoisotopic (exact) mass is 332 g/mol. The summed E-state index contributed by atoms with van der Waals surface area (Å²) in [5.74, 6) is 0.399. The summed E-state index contributed by atoms with van der Waals surface area (Å²) in [6.07, 6.45) is 5.68. The molecule has 0 spiro atoms. The molecule has 2 aliphatic rings. The number of nitrogens with zero attached hydrogens (tertiary/aromatic N) is 1. The fourth-order valence-electron chi connectivity index (χ4n) is 3.74. The smallest absolute Gasteiger partial charge is 0.186 e. The van der Waals surface area contributed by atoms with Crippen molar-refractivity contribution in [3.63, 3.8) is 0 Å². The highest BCUT2D eigenvalue weighted by Crippen LogP contribution is 2.33. The van der Waals surface area contributed by atoms with Gasteiger partial charge in [-0.2, -0.15) is 0 Å². The lowest BCUT2D eigenvalue weighted by Gasteiger charge is -2.37. The van der Waals surface area contributed by atoms with Crippen molar-refractivity contribution in [2.45, 2.75) is 31.6 Å². The minimum absolute atomic E-state index is 0.191. The van der Waals surface area contributed by atoms with Crippen LogP contribution >= 0.6 is 0 Å². The number of aliphatic imine (C=N–C) groups is 1. The zero-order chi connectivity index (χ0) is 17.3. The fraction of sp³-hybridized carbons (Fsp3) is 0.286. The largest absolute Gasteiger partial charge is 0.365 e. The Labute approximate surface area is 148 Å². The lowest BCUT2D eigenvalue weighted by Crippen LogP contribution is -2.60. The number of nitrogens with one attached hydrogen (secondary N) is 2. The van der Waals surface area contributed by atoms with Crippen LogP contribution in [0.1, 0.15) is 29.7 Å². The molecule has 2 atom stereocenters. The van der Waals surface area contributed by atoms with Crippen molar-refractivity contribution in [2.75, 3.05) is 0 Å². The lowest BCUT2D eigenvalue weighted by atomic mass is 9.97. The molecule has 1 aliphatic carbocycles. The number of benzene rings is 2. The van der Waals surface area contributed by atoms with E-state index in [1.54, 1.807) is 0 Å². The molecule has 25 heavy (non-hydrogen) atoms. The number of hydrogen-bond donors (Lipinski definition) is 3. The first-order valence-corrected chi connectivity index (χ1v) is 8.85. The first-order chi connectivity index (χ1) is 12.1. The van der Waals surface area contributed by atoms with Crippen molar-refractivity contribution in [1.82, 2.24) is 10.6 Å². The van der Waals surface area contributed by atoms with Gasteiger partial charge in [0.05, 0.1) is 0 Å².